The molecule has 28 heavy (non-hydrogen) atoms. The molecule has 1 aromatic rings. The van der Waals surface area contributed by atoms with Crippen molar-refractivity contribution >= 4 is 21.4 Å². The molecule has 4 rings (SSSR count). The summed E-state index contributed by atoms with van der Waals surface area (Å²) in [4.78, 5) is 19.4. The topological polar surface area (TPSA) is 70.2 Å². The highest BCUT2D eigenvalue weighted by atomic mass is 32.2. The molecule has 2 fully saturated rings. The van der Waals surface area contributed by atoms with E-state index in [9.17, 15) is 13.2 Å². The van der Waals surface area contributed by atoms with Gasteiger partial charge in [-0.1, -0.05) is 0 Å². The first-order valence-electron chi connectivity index (χ1n) is 10.1. The number of aryl methyl sites for hydroxylation is 1. The Balaban J connectivity index is 1.33. The van der Waals surface area contributed by atoms with Gasteiger partial charge in [0.1, 0.15) is 5.75 Å². The molecule has 1 atom stereocenters. The number of carbonyl (C=O) groups is 1. The van der Waals surface area contributed by atoms with E-state index in [2.05, 4.69) is 9.80 Å². The minimum absolute atomic E-state index is 0.142. The number of hydrogen-bond acceptors (Lipinski definition) is 6. The number of anilines is 1. The van der Waals surface area contributed by atoms with E-state index in [1.165, 1.54) is 5.56 Å². The smallest absolute Gasteiger partial charge is 0.241 e. The predicted octanol–water partition coefficient (Wildman–Crippen LogP) is 0.779. The van der Waals surface area contributed by atoms with E-state index >= 15 is 0 Å². The molecule has 0 aromatic heterocycles. The van der Waals surface area contributed by atoms with Crippen LogP contribution in [-0.2, 0) is 21.1 Å². The van der Waals surface area contributed by atoms with Gasteiger partial charge in [-0.2, -0.15) is 0 Å². The lowest BCUT2D eigenvalue weighted by Gasteiger charge is -2.38. The zero-order valence-corrected chi connectivity index (χ0v) is 17.3. The highest BCUT2D eigenvalue weighted by Gasteiger charge is 2.34. The van der Waals surface area contributed by atoms with Gasteiger partial charge in [0.25, 0.3) is 0 Å². The predicted molar refractivity (Wildman–Crippen MR) is 109 cm³/mol. The number of amides is 1. The van der Waals surface area contributed by atoms with Crippen LogP contribution in [0.25, 0.3) is 0 Å². The van der Waals surface area contributed by atoms with Crippen LogP contribution < -0.4 is 9.64 Å². The lowest BCUT2D eigenvalue weighted by Crippen LogP contribution is -2.53. The standard InChI is InChI=1S/C20H29N3O4S/c1-27-18-4-5-19-16(13-18)3-2-7-23(19)20(24)14-21-8-10-22(11-9-21)17-6-12-28(25,26)15-17/h4-5,13,17H,2-3,6-12,14-15H2,1H3/t17-/m0/s1. The Bertz CT molecular complexity index is 834. The van der Waals surface area contributed by atoms with Gasteiger partial charge in [-0.15, -0.1) is 0 Å². The molecule has 3 aliphatic rings. The molecule has 0 saturated carbocycles. The molecule has 3 heterocycles. The SMILES string of the molecule is COc1ccc2c(c1)CCCN2C(=O)CN1CCN([C@H]2CCS(=O)(=O)C2)CC1. The van der Waals surface area contributed by atoms with Crippen molar-refractivity contribution in [2.24, 2.45) is 0 Å². The van der Waals surface area contributed by atoms with E-state index in [-0.39, 0.29) is 11.9 Å². The minimum Gasteiger partial charge on any atom is -0.497 e. The second-order valence-corrected chi connectivity index (χ2v) is 10.2. The number of fused-ring (bicyclic) bond motifs is 1. The molecular formula is C20H29N3O4S. The molecule has 0 aliphatic carbocycles. The molecule has 0 unspecified atom stereocenters. The number of rotatable bonds is 4. The second-order valence-electron chi connectivity index (χ2n) is 8.01. The summed E-state index contributed by atoms with van der Waals surface area (Å²) in [5, 5.41) is 0. The summed E-state index contributed by atoms with van der Waals surface area (Å²) < 4.78 is 28.7. The third-order valence-electron chi connectivity index (χ3n) is 6.20. The zero-order chi connectivity index (χ0) is 19.7. The van der Waals surface area contributed by atoms with Crippen LogP contribution >= 0.6 is 0 Å². The first-order valence-corrected chi connectivity index (χ1v) is 11.9. The maximum atomic E-state index is 13.0. The van der Waals surface area contributed by atoms with E-state index in [1.807, 2.05) is 23.1 Å². The molecular weight excluding hydrogens is 378 g/mol. The van der Waals surface area contributed by atoms with Gasteiger partial charge in [0.15, 0.2) is 9.84 Å². The number of methoxy groups -OCH3 is 1. The first-order chi connectivity index (χ1) is 13.4. The van der Waals surface area contributed by atoms with Crippen LogP contribution in [0.3, 0.4) is 0 Å². The monoisotopic (exact) mass is 407 g/mol. The highest BCUT2D eigenvalue weighted by molar-refractivity contribution is 7.91. The van der Waals surface area contributed by atoms with Gasteiger partial charge in [-0.25, -0.2) is 8.42 Å². The Kier molecular flexibility index (Phi) is 5.62. The van der Waals surface area contributed by atoms with E-state index in [4.69, 9.17) is 4.74 Å². The maximum Gasteiger partial charge on any atom is 0.241 e. The third kappa shape index (κ3) is 4.18. The molecule has 0 spiro atoms. The van der Waals surface area contributed by atoms with Gasteiger partial charge in [-0.05, 0) is 43.0 Å². The molecule has 8 heteroatoms. The fourth-order valence-electron chi connectivity index (χ4n) is 4.59. The van der Waals surface area contributed by atoms with Gasteiger partial charge in [-0.3, -0.25) is 14.6 Å². The van der Waals surface area contributed by atoms with Gasteiger partial charge in [0.2, 0.25) is 5.91 Å². The van der Waals surface area contributed by atoms with Crippen LogP contribution in [0.1, 0.15) is 18.4 Å². The van der Waals surface area contributed by atoms with E-state index in [0.717, 1.165) is 63.4 Å². The number of nitrogens with zero attached hydrogens (tertiary/aromatic N) is 3. The third-order valence-corrected chi connectivity index (χ3v) is 7.95. The summed E-state index contributed by atoms with van der Waals surface area (Å²) >= 11 is 0. The van der Waals surface area contributed by atoms with Gasteiger partial charge in [0.05, 0.1) is 25.2 Å². The molecule has 0 bridgehead atoms. The van der Waals surface area contributed by atoms with Crippen LogP contribution in [-0.4, -0.2) is 88.1 Å². The van der Waals surface area contributed by atoms with Crippen LogP contribution in [0.4, 0.5) is 5.69 Å². The van der Waals surface area contributed by atoms with Crippen molar-refractivity contribution in [3.63, 3.8) is 0 Å². The number of hydrogen-bond donors (Lipinski definition) is 0. The van der Waals surface area contributed by atoms with Crippen molar-refractivity contribution < 1.29 is 17.9 Å². The summed E-state index contributed by atoms with van der Waals surface area (Å²) in [6, 6.07) is 6.10. The lowest BCUT2D eigenvalue weighted by atomic mass is 10.0. The Morgan fingerprint density at radius 1 is 1.18 bits per heavy atom. The lowest BCUT2D eigenvalue weighted by molar-refractivity contribution is -0.120. The summed E-state index contributed by atoms with van der Waals surface area (Å²) in [6.45, 7) is 4.47. The van der Waals surface area contributed by atoms with Gasteiger partial charge in [0, 0.05) is 44.5 Å². The molecule has 0 N–H and O–H groups in total. The first kappa shape index (κ1) is 19.7. The van der Waals surface area contributed by atoms with Gasteiger partial charge < -0.3 is 9.64 Å². The summed E-state index contributed by atoms with van der Waals surface area (Å²) in [6.07, 6.45) is 2.68. The Morgan fingerprint density at radius 3 is 2.64 bits per heavy atom. The summed E-state index contributed by atoms with van der Waals surface area (Å²) in [5.74, 6) is 1.58. The molecule has 1 amide bonds. The van der Waals surface area contributed by atoms with E-state index < -0.39 is 9.84 Å². The normalized spacial score (nSPS) is 25.5. The molecule has 7 nitrogen and oxygen atoms in total. The van der Waals surface area contributed by atoms with Crippen LogP contribution in [0.2, 0.25) is 0 Å². The average molecular weight is 408 g/mol. The number of piperazine rings is 1. The Labute approximate surface area is 167 Å². The number of benzene rings is 1. The largest absolute Gasteiger partial charge is 0.497 e. The minimum atomic E-state index is -2.85. The second kappa shape index (κ2) is 8.00. The van der Waals surface area contributed by atoms with Crippen LogP contribution in [0, 0.1) is 0 Å². The van der Waals surface area contributed by atoms with Gasteiger partial charge >= 0.3 is 0 Å². The fraction of sp³-hybridized carbons (Fsp3) is 0.650. The van der Waals surface area contributed by atoms with Crippen LogP contribution in [0.15, 0.2) is 18.2 Å². The van der Waals surface area contributed by atoms with Crippen molar-refractivity contribution in [3.8, 4) is 5.75 Å². The molecule has 154 valence electrons. The van der Waals surface area contributed by atoms with Crippen molar-refractivity contribution in [2.75, 3.05) is 62.8 Å². The molecule has 1 aromatic carbocycles. The van der Waals surface area contributed by atoms with E-state index in [1.54, 1.807) is 7.11 Å². The highest BCUT2D eigenvalue weighted by Crippen LogP contribution is 2.30. The average Bonchev–Trinajstić information content (AvgIpc) is 3.07. The fourth-order valence-corrected chi connectivity index (χ4v) is 6.35. The van der Waals surface area contributed by atoms with Crippen molar-refractivity contribution in [2.45, 2.75) is 25.3 Å². The Morgan fingerprint density at radius 2 is 1.96 bits per heavy atom. The maximum absolute atomic E-state index is 13.0. The molecule has 0 radical (unpaired) electrons. The number of ether oxygens (including phenoxy) is 1. The summed E-state index contributed by atoms with van der Waals surface area (Å²) in [5.41, 5.74) is 2.18. The Hall–Kier alpha value is -1.64. The molecule has 3 aliphatic heterocycles. The number of sulfone groups is 1. The van der Waals surface area contributed by atoms with E-state index in [0.29, 0.717) is 18.1 Å². The van der Waals surface area contributed by atoms with Crippen LogP contribution in [0.5, 0.6) is 5.75 Å². The molecule has 2 saturated heterocycles. The van der Waals surface area contributed by atoms with Crippen molar-refractivity contribution in [1.29, 1.82) is 0 Å². The number of carbonyl (C=O) groups excluding carboxylic acids is 1. The summed E-state index contributed by atoms with van der Waals surface area (Å²) in [7, 11) is -1.19. The van der Waals surface area contributed by atoms with Crippen molar-refractivity contribution in [1.82, 2.24) is 9.80 Å². The zero-order valence-electron chi connectivity index (χ0n) is 16.5. The quantitative estimate of drug-likeness (QED) is 0.735. The van der Waals surface area contributed by atoms with Crippen molar-refractivity contribution in [3.05, 3.63) is 23.8 Å².